The summed E-state index contributed by atoms with van der Waals surface area (Å²) < 4.78 is 0. The molecule has 0 aliphatic carbocycles. The molecule has 1 fully saturated rings. The lowest BCUT2D eigenvalue weighted by molar-refractivity contribution is 0.0958. The number of aromatic nitrogens is 2. The third-order valence-corrected chi connectivity index (χ3v) is 6.16. The first-order valence-electron chi connectivity index (χ1n) is 9.79. The quantitative estimate of drug-likeness (QED) is 0.779. The Kier molecular flexibility index (Phi) is 6.60. The van der Waals surface area contributed by atoms with E-state index in [1.54, 1.807) is 29.9 Å². The Hall–Kier alpha value is -1.79. The number of amides is 1. The normalized spacial score (nSPS) is 18.0. The molecule has 1 amide bonds. The molecule has 27 heavy (non-hydrogen) atoms. The van der Waals surface area contributed by atoms with Crippen LogP contribution >= 0.6 is 11.3 Å². The largest absolute Gasteiger partial charge is 0.351 e. The molecule has 1 N–H and O–H groups in total. The van der Waals surface area contributed by atoms with E-state index in [1.807, 2.05) is 6.07 Å². The molecule has 3 rings (SSSR count). The van der Waals surface area contributed by atoms with Gasteiger partial charge < -0.3 is 5.32 Å². The van der Waals surface area contributed by atoms with Crippen molar-refractivity contribution in [1.82, 2.24) is 20.2 Å². The van der Waals surface area contributed by atoms with Crippen molar-refractivity contribution in [3.05, 3.63) is 46.2 Å². The first kappa shape index (κ1) is 20.0. The summed E-state index contributed by atoms with van der Waals surface area (Å²) in [4.78, 5) is 25.4. The molecule has 6 heteroatoms. The van der Waals surface area contributed by atoms with Crippen LogP contribution in [-0.4, -0.2) is 40.4 Å². The molecule has 2 aromatic heterocycles. The number of likely N-dealkylation sites (tertiary alicyclic amines) is 1. The number of hydrogen-bond donors (Lipinski definition) is 1. The molecule has 0 radical (unpaired) electrons. The Morgan fingerprint density at radius 1 is 1.33 bits per heavy atom. The van der Waals surface area contributed by atoms with E-state index in [9.17, 15) is 4.79 Å². The highest BCUT2D eigenvalue weighted by molar-refractivity contribution is 7.14. The van der Waals surface area contributed by atoms with Crippen LogP contribution in [0.5, 0.6) is 0 Å². The van der Waals surface area contributed by atoms with Gasteiger partial charge in [-0.3, -0.25) is 19.7 Å². The number of nitrogens with one attached hydrogen (secondary N) is 1. The van der Waals surface area contributed by atoms with Crippen molar-refractivity contribution in [2.24, 2.45) is 5.41 Å². The molecule has 1 saturated heterocycles. The van der Waals surface area contributed by atoms with Gasteiger partial charge in [0, 0.05) is 42.5 Å². The maximum Gasteiger partial charge on any atom is 0.261 e. The van der Waals surface area contributed by atoms with Crippen molar-refractivity contribution in [2.45, 2.75) is 52.5 Å². The fourth-order valence-corrected chi connectivity index (χ4v) is 4.49. The topological polar surface area (TPSA) is 58.1 Å². The monoisotopic (exact) mass is 386 g/mol. The fraction of sp³-hybridized carbons (Fsp3) is 0.571. The highest BCUT2D eigenvalue weighted by atomic mass is 32.1. The summed E-state index contributed by atoms with van der Waals surface area (Å²) in [5.74, 6) is 0.00868. The lowest BCUT2D eigenvalue weighted by Crippen LogP contribution is -2.27. The van der Waals surface area contributed by atoms with Crippen LogP contribution < -0.4 is 5.32 Å². The summed E-state index contributed by atoms with van der Waals surface area (Å²) in [5, 5.41) is 3.00. The van der Waals surface area contributed by atoms with Crippen LogP contribution in [0.3, 0.4) is 0 Å². The number of carbonyl (C=O) groups excluding carboxylic acids is 1. The zero-order chi connectivity index (χ0) is 19.3. The van der Waals surface area contributed by atoms with E-state index in [-0.39, 0.29) is 5.91 Å². The van der Waals surface area contributed by atoms with Crippen molar-refractivity contribution >= 4 is 17.2 Å². The van der Waals surface area contributed by atoms with Gasteiger partial charge in [-0.25, -0.2) is 0 Å². The fourth-order valence-electron chi connectivity index (χ4n) is 3.40. The molecule has 0 saturated carbocycles. The van der Waals surface area contributed by atoms with Crippen molar-refractivity contribution < 1.29 is 4.79 Å². The minimum absolute atomic E-state index is 0.00868. The van der Waals surface area contributed by atoms with E-state index >= 15 is 0 Å². The van der Waals surface area contributed by atoms with Crippen LogP contribution in [-0.2, 0) is 6.42 Å². The van der Waals surface area contributed by atoms with E-state index in [0.717, 1.165) is 23.7 Å². The van der Waals surface area contributed by atoms with Crippen LogP contribution in [0.15, 0.2) is 30.7 Å². The predicted octanol–water partition coefficient (Wildman–Crippen LogP) is 4.08. The maximum absolute atomic E-state index is 12.5. The first-order chi connectivity index (χ1) is 12.9. The number of hydrogen-bond acceptors (Lipinski definition) is 5. The smallest absolute Gasteiger partial charge is 0.261 e. The summed E-state index contributed by atoms with van der Waals surface area (Å²) in [7, 11) is 0. The second-order valence-corrected chi connectivity index (χ2v) is 9.52. The summed E-state index contributed by atoms with van der Waals surface area (Å²) in [6, 6.07) is 4.58. The SMILES string of the molecule is CC(C)(C)CCN1CCC[C@@H]1c1ccc(C(=O)NCCc2cnccn2)s1. The molecule has 0 unspecified atom stereocenters. The lowest BCUT2D eigenvalue weighted by atomic mass is 9.92. The number of nitrogens with zero attached hydrogens (tertiary/aromatic N) is 3. The standard InChI is InChI=1S/C21H30N4OS/c1-21(2,3)9-14-25-13-4-5-17(25)18-6-7-19(27-18)20(26)24-10-8-16-15-22-11-12-23-16/h6-7,11-12,15,17H,4-5,8-10,13-14H2,1-3H3,(H,24,26)/t17-/m1/s1. The second-order valence-electron chi connectivity index (χ2n) is 8.41. The van der Waals surface area contributed by atoms with Crippen LogP contribution in [0.4, 0.5) is 0 Å². The molecule has 1 aliphatic rings. The van der Waals surface area contributed by atoms with E-state index in [0.29, 0.717) is 24.4 Å². The molecular formula is C21H30N4OS. The molecule has 5 nitrogen and oxygen atoms in total. The molecule has 0 bridgehead atoms. The van der Waals surface area contributed by atoms with Crippen LogP contribution in [0.2, 0.25) is 0 Å². The summed E-state index contributed by atoms with van der Waals surface area (Å²) in [6.07, 6.45) is 9.40. The number of rotatable bonds is 7. The van der Waals surface area contributed by atoms with Crippen LogP contribution in [0.25, 0.3) is 0 Å². The Labute approximate surface area is 166 Å². The average molecular weight is 387 g/mol. The second kappa shape index (κ2) is 8.93. The maximum atomic E-state index is 12.5. The molecule has 0 aromatic carbocycles. The Morgan fingerprint density at radius 3 is 2.93 bits per heavy atom. The minimum atomic E-state index is 0.00868. The number of thiophene rings is 1. The van der Waals surface area contributed by atoms with Gasteiger partial charge in [0.05, 0.1) is 10.6 Å². The van der Waals surface area contributed by atoms with Crippen molar-refractivity contribution in [3.8, 4) is 0 Å². The minimum Gasteiger partial charge on any atom is -0.351 e. The van der Waals surface area contributed by atoms with E-state index in [4.69, 9.17) is 0 Å². The molecule has 0 spiro atoms. The van der Waals surface area contributed by atoms with Gasteiger partial charge in [0.1, 0.15) is 0 Å². The Morgan fingerprint density at radius 2 is 2.19 bits per heavy atom. The van der Waals surface area contributed by atoms with Gasteiger partial charge in [0.15, 0.2) is 0 Å². The van der Waals surface area contributed by atoms with Crippen molar-refractivity contribution in [1.29, 1.82) is 0 Å². The van der Waals surface area contributed by atoms with Gasteiger partial charge in [-0.05, 0) is 49.9 Å². The third kappa shape index (κ3) is 5.84. The molecule has 3 heterocycles. The highest BCUT2D eigenvalue weighted by Gasteiger charge is 2.28. The number of carbonyl (C=O) groups is 1. The Bertz CT molecular complexity index is 738. The molecular weight excluding hydrogens is 356 g/mol. The van der Waals surface area contributed by atoms with E-state index in [1.165, 1.54) is 24.1 Å². The van der Waals surface area contributed by atoms with Gasteiger partial charge in [-0.2, -0.15) is 0 Å². The van der Waals surface area contributed by atoms with Crippen molar-refractivity contribution in [3.63, 3.8) is 0 Å². The first-order valence-corrected chi connectivity index (χ1v) is 10.6. The summed E-state index contributed by atoms with van der Waals surface area (Å²) in [6.45, 7) is 9.77. The molecule has 2 aromatic rings. The highest BCUT2D eigenvalue weighted by Crippen LogP contribution is 2.36. The van der Waals surface area contributed by atoms with Gasteiger partial charge in [-0.15, -0.1) is 11.3 Å². The van der Waals surface area contributed by atoms with Crippen LogP contribution in [0.1, 0.15) is 66.3 Å². The Balaban J connectivity index is 1.53. The van der Waals surface area contributed by atoms with Crippen LogP contribution in [0, 0.1) is 5.41 Å². The third-order valence-electron chi connectivity index (χ3n) is 4.98. The molecule has 1 aliphatic heterocycles. The zero-order valence-corrected chi connectivity index (χ0v) is 17.4. The molecule has 1 atom stereocenters. The van der Waals surface area contributed by atoms with Gasteiger partial charge in [0.2, 0.25) is 0 Å². The average Bonchev–Trinajstić information content (AvgIpc) is 3.29. The summed E-state index contributed by atoms with van der Waals surface area (Å²) >= 11 is 1.64. The van der Waals surface area contributed by atoms with Crippen molar-refractivity contribution in [2.75, 3.05) is 19.6 Å². The van der Waals surface area contributed by atoms with Gasteiger partial charge in [0.25, 0.3) is 5.91 Å². The van der Waals surface area contributed by atoms with E-state index < -0.39 is 0 Å². The lowest BCUT2D eigenvalue weighted by Gasteiger charge is -2.27. The zero-order valence-electron chi connectivity index (χ0n) is 16.6. The summed E-state index contributed by atoms with van der Waals surface area (Å²) in [5.41, 5.74) is 1.25. The predicted molar refractivity (Wildman–Crippen MR) is 110 cm³/mol. The van der Waals surface area contributed by atoms with E-state index in [2.05, 4.69) is 47.0 Å². The van der Waals surface area contributed by atoms with Gasteiger partial charge in [-0.1, -0.05) is 20.8 Å². The van der Waals surface area contributed by atoms with Gasteiger partial charge >= 0.3 is 0 Å². The molecule has 146 valence electrons.